The normalized spacial score (nSPS) is 12.2. The minimum atomic E-state index is -0.347. The molecule has 2 aromatic rings. The van der Waals surface area contributed by atoms with Crippen LogP contribution in [0.4, 0.5) is 0 Å². The van der Waals surface area contributed by atoms with E-state index in [4.69, 9.17) is 4.74 Å². The van der Waals surface area contributed by atoms with Crippen molar-refractivity contribution >= 4 is 0 Å². The van der Waals surface area contributed by atoms with Gasteiger partial charge in [-0.15, -0.1) is 0 Å². The zero-order valence-corrected chi connectivity index (χ0v) is 13.2. The lowest BCUT2D eigenvalue weighted by Crippen LogP contribution is -2.08. The maximum Gasteiger partial charge on any atom is 0.213 e. The number of aryl methyl sites for hydroxylation is 2. The molecule has 0 saturated carbocycles. The number of hydrogen-bond donors (Lipinski definition) is 1. The first-order valence-corrected chi connectivity index (χ1v) is 7.34. The molecule has 0 unspecified atom stereocenters. The van der Waals surface area contributed by atoms with Crippen LogP contribution in [0.5, 0.6) is 5.88 Å². The Kier molecular flexibility index (Phi) is 4.97. The molecule has 0 fully saturated rings. The minimum absolute atomic E-state index is 0.347. The van der Waals surface area contributed by atoms with E-state index in [2.05, 4.69) is 43.1 Å². The average molecular weight is 285 g/mol. The topological polar surface area (TPSA) is 42.4 Å². The van der Waals surface area contributed by atoms with Crippen molar-refractivity contribution in [3.63, 3.8) is 0 Å². The van der Waals surface area contributed by atoms with E-state index >= 15 is 0 Å². The number of pyridine rings is 1. The summed E-state index contributed by atoms with van der Waals surface area (Å²) < 4.78 is 5.57. The number of aliphatic hydroxyl groups is 1. The molecule has 0 radical (unpaired) electrons. The average Bonchev–Trinajstić information content (AvgIpc) is 2.42. The Bertz CT molecular complexity index is 621. The minimum Gasteiger partial charge on any atom is -0.478 e. The molecular formula is C18H23NO2. The van der Waals surface area contributed by atoms with Gasteiger partial charge in [-0.2, -0.15) is 0 Å². The van der Waals surface area contributed by atoms with E-state index in [0.29, 0.717) is 18.9 Å². The number of nitrogens with zero attached hydrogens (tertiary/aromatic N) is 1. The van der Waals surface area contributed by atoms with Gasteiger partial charge in [-0.05, 0) is 50.5 Å². The largest absolute Gasteiger partial charge is 0.478 e. The molecule has 0 bridgehead atoms. The summed E-state index contributed by atoms with van der Waals surface area (Å²) in [6.07, 6.45) is 0.264. The summed E-state index contributed by atoms with van der Waals surface area (Å²) in [5.74, 6) is 0.613. The third-order valence-corrected chi connectivity index (χ3v) is 3.74. The van der Waals surface area contributed by atoms with Crippen LogP contribution in [0.25, 0.3) is 11.1 Å². The number of rotatable bonds is 5. The Hall–Kier alpha value is -1.87. The molecule has 0 amide bonds. The lowest BCUT2D eigenvalue weighted by molar-refractivity contribution is 0.154. The molecule has 3 nitrogen and oxygen atoms in total. The molecule has 0 aliphatic carbocycles. The monoisotopic (exact) mass is 285 g/mol. The first kappa shape index (κ1) is 15.5. The van der Waals surface area contributed by atoms with E-state index in [1.54, 1.807) is 6.92 Å². The van der Waals surface area contributed by atoms with Crippen LogP contribution in [-0.2, 0) is 0 Å². The summed E-state index contributed by atoms with van der Waals surface area (Å²) >= 11 is 0. The summed E-state index contributed by atoms with van der Waals surface area (Å²) in [7, 11) is 0. The highest BCUT2D eigenvalue weighted by Crippen LogP contribution is 2.28. The van der Waals surface area contributed by atoms with Crippen molar-refractivity contribution < 1.29 is 9.84 Å². The fraction of sp³-hybridized carbons (Fsp3) is 0.389. The van der Waals surface area contributed by atoms with Crippen LogP contribution in [0.3, 0.4) is 0 Å². The first-order valence-electron chi connectivity index (χ1n) is 7.34. The fourth-order valence-corrected chi connectivity index (χ4v) is 2.28. The van der Waals surface area contributed by atoms with E-state index in [1.807, 2.05) is 13.0 Å². The predicted molar refractivity (Wildman–Crippen MR) is 85.7 cm³/mol. The molecule has 112 valence electrons. The summed E-state index contributed by atoms with van der Waals surface area (Å²) in [5, 5.41) is 9.23. The predicted octanol–water partition coefficient (Wildman–Crippen LogP) is 3.82. The molecule has 3 heteroatoms. The van der Waals surface area contributed by atoms with Crippen LogP contribution in [-0.4, -0.2) is 22.8 Å². The van der Waals surface area contributed by atoms with Gasteiger partial charge in [-0.25, -0.2) is 4.98 Å². The molecule has 1 atom stereocenters. The van der Waals surface area contributed by atoms with E-state index in [0.717, 1.165) is 11.3 Å². The van der Waals surface area contributed by atoms with Crippen molar-refractivity contribution in [1.82, 2.24) is 4.98 Å². The van der Waals surface area contributed by atoms with Crippen molar-refractivity contribution in [2.75, 3.05) is 6.61 Å². The molecule has 0 saturated heterocycles. The summed E-state index contributed by atoms with van der Waals surface area (Å²) in [4.78, 5) is 4.51. The van der Waals surface area contributed by atoms with Gasteiger partial charge in [0.05, 0.1) is 12.7 Å². The van der Waals surface area contributed by atoms with Crippen LogP contribution in [0.1, 0.15) is 30.2 Å². The lowest BCUT2D eigenvalue weighted by atomic mass is 9.96. The zero-order valence-electron chi connectivity index (χ0n) is 13.2. The van der Waals surface area contributed by atoms with E-state index in [9.17, 15) is 5.11 Å². The molecule has 0 aliphatic rings. The maximum atomic E-state index is 9.23. The van der Waals surface area contributed by atoms with Gasteiger partial charge in [0.1, 0.15) is 0 Å². The summed E-state index contributed by atoms with van der Waals surface area (Å²) in [6, 6.07) is 10.3. The van der Waals surface area contributed by atoms with Crippen molar-refractivity contribution in [2.45, 2.75) is 40.2 Å². The smallest absolute Gasteiger partial charge is 0.213 e. The number of ether oxygens (including phenoxy) is 1. The maximum absolute atomic E-state index is 9.23. The summed E-state index contributed by atoms with van der Waals surface area (Å²) in [5.41, 5.74) is 5.88. The van der Waals surface area contributed by atoms with E-state index < -0.39 is 0 Å². The van der Waals surface area contributed by atoms with Gasteiger partial charge in [-0.1, -0.05) is 18.2 Å². The van der Waals surface area contributed by atoms with E-state index in [-0.39, 0.29) is 6.10 Å². The third-order valence-electron chi connectivity index (χ3n) is 3.74. The number of aromatic nitrogens is 1. The second-order valence-corrected chi connectivity index (χ2v) is 5.52. The second kappa shape index (κ2) is 6.72. The lowest BCUT2D eigenvalue weighted by Gasteiger charge is -2.13. The highest BCUT2D eigenvalue weighted by molar-refractivity contribution is 5.70. The van der Waals surface area contributed by atoms with Gasteiger partial charge >= 0.3 is 0 Å². The molecule has 0 spiro atoms. The SMILES string of the molecule is Cc1cccc(-c2ccc(OCC[C@H](C)O)nc2C)c1C. The standard InChI is InChI=1S/C18H23NO2/c1-12-6-5-7-16(14(12)3)17-8-9-18(19-15(17)4)21-11-10-13(2)20/h5-9,13,20H,10-11H2,1-4H3/t13-/m0/s1. The van der Waals surface area contributed by atoms with Gasteiger partial charge in [0.2, 0.25) is 5.88 Å². The number of aliphatic hydroxyl groups excluding tert-OH is 1. The van der Waals surface area contributed by atoms with Gasteiger partial charge in [0.15, 0.2) is 0 Å². The van der Waals surface area contributed by atoms with E-state index in [1.165, 1.54) is 16.7 Å². The molecular weight excluding hydrogens is 262 g/mol. The Morgan fingerprint density at radius 1 is 1.10 bits per heavy atom. The molecule has 0 aliphatic heterocycles. The van der Waals surface area contributed by atoms with Crippen molar-refractivity contribution in [3.05, 3.63) is 47.2 Å². The van der Waals surface area contributed by atoms with Crippen molar-refractivity contribution in [2.24, 2.45) is 0 Å². The number of benzene rings is 1. The van der Waals surface area contributed by atoms with Crippen LogP contribution in [0.2, 0.25) is 0 Å². The highest BCUT2D eigenvalue weighted by atomic mass is 16.5. The Morgan fingerprint density at radius 2 is 1.86 bits per heavy atom. The van der Waals surface area contributed by atoms with Gasteiger partial charge in [0, 0.05) is 23.7 Å². The first-order chi connectivity index (χ1) is 9.99. The van der Waals surface area contributed by atoms with Gasteiger partial charge in [-0.3, -0.25) is 0 Å². The summed E-state index contributed by atoms with van der Waals surface area (Å²) in [6.45, 7) is 8.49. The molecule has 1 aromatic heterocycles. The van der Waals surface area contributed by atoms with Crippen LogP contribution in [0.15, 0.2) is 30.3 Å². The molecule has 2 rings (SSSR count). The quantitative estimate of drug-likeness (QED) is 0.908. The molecule has 1 heterocycles. The van der Waals surface area contributed by atoms with Crippen LogP contribution >= 0.6 is 0 Å². The Labute approximate surface area is 126 Å². The van der Waals surface area contributed by atoms with Crippen LogP contribution < -0.4 is 4.74 Å². The van der Waals surface area contributed by atoms with Gasteiger partial charge < -0.3 is 9.84 Å². The molecule has 1 aromatic carbocycles. The molecule has 1 N–H and O–H groups in total. The van der Waals surface area contributed by atoms with Crippen molar-refractivity contribution in [3.8, 4) is 17.0 Å². The molecule has 21 heavy (non-hydrogen) atoms. The third kappa shape index (κ3) is 3.82. The van der Waals surface area contributed by atoms with Gasteiger partial charge in [0.25, 0.3) is 0 Å². The zero-order chi connectivity index (χ0) is 15.4. The van der Waals surface area contributed by atoms with Crippen LogP contribution in [0, 0.1) is 20.8 Å². The fourth-order valence-electron chi connectivity index (χ4n) is 2.28. The van der Waals surface area contributed by atoms with Crippen molar-refractivity contribution in [1.29, 1.82) is 0 Å². The Morgan fingerprint density at radius 3 is 2.52 bits per heavy atom. The Balaban J connectivity index is 2.21. The number of hydrogen-bond acceptors (Lipinski definition) is 3. The second-order valence-electron chi connectivity index (χ2n) is 5.52. The highest BCUT2D eigenvalue weighted by Gasteiger charge is 2.09.